The minimum atomic E-state index is -0.826. The SMILES string of the molecule is COC(=O)/C=C/C1=CC2C(=O)[C@H](OC)C1C(C(=O)OC)C2c1ccc(OC)c(OC)c1. The van der Waals surface area contributed by atoms with E-state index in [1.165, 1.54) is 41.6 Å². The van der Waals surface area contributed by atoms with Crippen LogP contribution in [-0.4, -0.2) is 59.4 Å². The Morgan fingerprint density at radius 1 is 0.935 bits per heavy atom. The van der Waals surface area contributed by atoms with Gasteiger partial charge in [0.05, 0.1) is 34.4 Å². The molecule has 1 saturated carbocycles. The number of carbonyl (C=O) groups excluding carboxylic acids is 3. The summed E-state index contributed by atoms with van der Waals surface area (Å²) in [4.78, 5) is 37.7. The molecule has 166 valence electrons. The monoisotopic (exact) mass is 430 g/mol. The number of benzene rings is 1. The lowest BCUT2D eigenvalue weighted by molar-refractivity contribution is -0.159. The number of Topliss-reactive ketones (excluding diaryl/α,β-unsaturated/α-hetero) is 1. The molecule has 8 nitrogen and oxygen atoms in total. The zero-order valence-corrected chi connectivity index (χ0v) is 18.1. The summed E-state index contributed by atoms with van der Waals surface area (Å²) in [6.07, 6.45) is 3.81. The smallest absolute Gasteiger partial charge is 0.330 e. The third kappa shape index (κ3) is 3.95. The van der Waals surface area contributed by atoms with E-state index in [-0.39, 0.29) is 5.78 Å². The second-order valence-electron chi connectivity index (χ2n) is 7.32. The van der Waals surface area contributed by atoms with Crippen LogP contribution in [-0.2, 0) is 28.6 Å². The van der Waals surface area contributed by atoms with Crippen LogP contribution >= 0.6 is 0 Å². The molecular weight excluding hydrogens is 404 g/mol. The van der Waals surface area contributed by atoms with Crippen LogP contribution in [0.25, 0.3) is 0 Å². The Labute approximate surface area is 180 Å². The summed E-state index contributed by atoms with van der Waals surface area (Å²) in [5.74, 6) is -2.51. The highest BCUT2D eigenvalue weighted by Gasteiger charge is 2.57. The van der Waals surface area contributed by atoms with Crippen LogP contribution < -0.4 is 9.47 Å². The summed E-state index contributed by atoms with van der Waals surface area (Å²) in [7, 11) is 7.08. The molecule has 0 heterocycles. The number of carbonyl (C=O) groups is 3. The lowest BCUT2D eigenvalue weighted by atomic mass is 9.55. The molecule has 8 heteroatoms. The minimum absolute atomic E-state index is 0.123. The van der Waals surface area contributed by atoms with Crippen molar-refractivity contribution in [3.8, 4) is 11.5 Å². The molecule has 31 heavy (non-hydrogen) atoms. The minimum Gasteiger partial charge on any atom is -0.493 e. The molecule has 5 atom stereocenters. The van der Waals surface area contributed by atoms with Gasteiger partial charge in [-0.1, -0.05) is 18.2 Å². The molecule has 0 saturated heterocycles. The van der Waals surface area contributed by atoms with Crippen molar-refractivity contribution in [3.05, 3.63) is 47.6 Å². The van der Waals surface area contributed by atoms with E-state index in [4.69, 9.17) is 18.9 Å². The maximum absolute atomic E-state index is 13.2. The lowest BCUT2D eigenvalue weighted by Crippen LogP contribution is -2.55. The van der Waals surface area contributed by atoms with Gasteiger partial charge in [-0.05, 0) is 23.3 Å². The van der Waals surface area contributed by atoms with Gasteiger partial charge >= 0.3 is 11.9 Å². The zero-order valence-electron chi connectivity index (χ0n) is 18.1. The van der Waals surface area contributed by atoms with Gasteiger partial charge < -0.3 is 23.7 Å². The number of esters is 2. The number of methoxy groups -OCH3 is 5. The fourth-order valence-corrected chi connectivity index (χ4v) is 4.63. The number of ketones is 1. The highest BCUT2D eigenvalue weighted by atomic mass is 16.5. The fraction of sp³-hybridized carbons (Fsp3) is 0.435. The molecule has 2 bridgehead atoms. The van der Waals surface area contributed by atoms with Crippen molar-refractivity contribution in [2.24, 2.45) is 17.8 Å². The van der Waals surface area contributed by atoms with Gasteiger partial charge in [0.15, 0.2) is 17.3 Å². The number of fused-ring (bicyclic) bond motifs is 2. The Balaban J connectivity index is 2.15. The fourth-order valence-electron chi connectivity index (χ4n) is 4.63. The molecule has 1 fully saturated rings. The van der Waals surface area contributed by atoms with Crippen LogP contribution in [0, 0.1) is 17.8 Å². The molecule has 1 aromatic rings. The predicted octanol–water partition coefficient (Wildman–Crippen LogP) is 2.08. The molecule has 3 aliphatic carbocycles. The molecule has 0 N–H and O–H groups in total. The van der Waals surface area contributed by atoms with Gasteiger partial charge in [-0.15, -0.1) is 0 Å². The summed E-state index contributed by atoms with van der Waals surface area (Å²) >= 11 is 0. The van der Waals surface area contributed by atoms with Gasteiger partial charge in [0.1, 0.15) is 6.10 Å². The molecule has 3 aliphatic rings. The summed E-state index contributed by atoms with van der Waals surface area (Å²) in [6, 6.07) is 5.33. The topological polar surface area (TPSA) is 97.4 Å². The van der Waals surface area contributed by atoms with Crippen molar-refractivity contribution >= 4 is 17.7 Å². The predicted molar refractivity (Wildman–Crippen MR) is 110 cm³/mol. The summed E-state index contributed by atoms with van der Waals surface area (Å²) < 4.78 is 26.0. The number of rotatable bonds is 7. The van der Waals surface area contributed by atoms with E-state index in [9.17, 15) is 14.4 Å². The van der Waals surface area contributed by atoms with E-state index in [1.54, 1.807) is 24.3 Å². The molecule has 0 aliphatic heterocycles. The molecule has 0 radical (unpaired) electrons. The van der Waals surface area contributed by atoms with Crippen molar-refractivity contribution in [3.63, 3.8) is 0 Å². The number of hydrogen-bond acceptors (Lipinski definition) is 8. The van der Waals surface area contributed by atoms with Crippen LogP contribution in [0.4, 0.5) is 0 Å². The first kappa shape index (κ1) is 22.6. The molecule has 0 amide bonds. The zero-order chi connectivity index (χ0) is 22.7. The maximum atomic E-state index is 13.2. The molecule has 1 aromatic carbocycles. The highest BCUT2D eigenvalue weighted by Crippen LogP contribution is 2.53. The van der Waals surface area contributed by atoms with Gasteiger partial charge in [-0.25, -0.2) is 4.79 Å². The van der Waals surface area contributed by atoms with Crippen LogP contribution in [0.1, 0.15) is 11.5 Å². The third-order valence-corrected chi connectivity index (χ3v) is 5.99. The first-order valence-corrected chi connectivity index (χ1v) is 9.75. The Hall–Kier alpha value is -3.13. The average molecular weight is 430 g/mol. The molecule has 0 spiro atoms. The van der Waals surface area contributed by atoms with E-state index in [0.29, 0.717) is 17.1 Å². The number of ether oxygens (including phenoxy) is 5. The van der Waals surface area contributed by atoms with Gasteiger partial charge in [-0.2, -0.15) is 0 Å². The van der Waals surface area contributed by atoms with E-state index < -0.39 is 41.7 Å². The summed E-state index contributed by atoms with van der Waals surface area (Å²) in [5.41, 5.74) is 1.41. The molecule has 0 aromatic heterocycles. The van der Waals surface area contributed by atoms with E-state index in [0.717, 1.165) is 5.56 Å². The largest absolute Gasteiger partial charge is 0.493 e. The Bertz CT molecular complexity index is 932. The maximum Gasteiger partial charge on any atom is 0.330 e. The van der Waals surface area contributed by atoms with E-state index in [2.05, 4.69) is 4.74 Å². The van der Waals surface area contributed by atoms with Crippen molar-refractivity contribution in [2.75, 3.05) is 35.5 Å². The second-order valence-corrected chi connectivity index (χ2v) is 7.32. The Kier molecular flexibility index (Phi) is 6.80. The molecule has 4 unspecified atom stereocenters. The quantitative estimate of drug-likeness (QED) is 0.479. The number of hydrogen-bond donors (Lipinski definition) is 0. The Morgan fingerprint density at radius 2 is 1.65 bits per heavy atom. The van der Waals surface area contributed by atoms with Crippen molar-refractivity contribution in [1.82, 2.24) is 0 Å². The highest BCUT2D eigenvalue weighted by molar-refractivity contribution is 5.95. The van der Waals surface area contributed by atoms with E-state index >= 15 is 0 Å². The Morgan fingerprint density at radius 3 is 2.23 bits per heavy atom. The van der Waals surface area contributed by atoms with Crippen LogP contribution in [0.5, 0.6) is 11.5 Å². The summed E-state index contributed by atoms with van der Waals surface area (Å²) in [5, 5.41) is 0. The first-order chi connectivity index (χ1) is 14.9. The van der Waals surface area contributed by atoms with Crippen LogP contribution in [0.2, 0.25) is 0 Å². The lowest BCUT2D eigenvalue weighted by Gasteiger charge is -2.48. The van der Waals surface area contributed by atoms with Crippen LogP contribution in [0.15, 0.2) is 42.0 Å². The molecule has 4 rings (SSSR count). The second kappa shape index (κ2) is 9.34. The standard InChI is InChI=1S/C23H26O8/c1-27-15-8-6-13(11-16(15)28-2)18-14-10-12(7-9-17(24)29-3)19(20(18)23(26)31-5)22(30-4)21(14)25/h6-11,14,18-20,22H,1-5H3/b9-7+/t14?,18?,19?,20?,22-/m1/s1. The first-order valence-electron chi connectivity index (χ1n) is 9.75. The van der Waals surface area contributed by atoms with Gasteiger partial charge in [0.25, 0.3) is 0 Å². The van der Waals surface area contributed by atoms with E-state index in [1.807, 2.05) is 6.07 Å². The van der Waals surface area contributed by atoms with Crippen LogP contribution in [0.3, 0.4) is 0 Å². The van der Waals surface area contributed by atoms with Gasteiger partial charge in [0.2, 0.25) is 0 Å². The van der Waals surface area contributed by atoms with Gasteiger partial charge in [-0.3, -0.25) is 9.59 Å². The van der Waals surface area contributed by atoms with Gasteiger partial charge in [0, 0.05) is 30.9 Å². The summed E-state index contributed by atoms with van der Waals surface area (Å²) in [6.45, 7) is 0. The molecular formula is C23H26O8. The average Bonchev–Trinajstić information content (AvgIpc) is 2.81. The van der Waals surface area contributed by atoms with Crippen molar-refractivity contribution in [1.29, 1.82) is 0 Å². The third-order valence-electron chi connectivity index (χ3n) is 5.99. The normalized spacial score (nSPS) is 27.1. The van der Waals surface area contributed by atoms with Crippen molar-refractivity contribution < 1.29 is 38.1 Å². The number of allylic oxidation sites excluding steroid dienone is 2. The van der Waals surface area contributed by atoms with Crippen molar-refractivity contribution in [2.45, 2.75) is 12.0 Å².